The van der Waals surface area contributed by atoms with Gasteiger partial charge < -0.3 is 29.6 Å². The molecular weight excluding hydrogens is 644 g/mol. The minimum atomic E-state index is -4.69. The van der Waals surface area contributed by atoms with Crippen molar-refractivity contribution in [1.82, 2.24) is 14.6 Å². The molecule has 47 heavy (non-hydrogen) atoms. The van der Waals surface area contributed by atoms with E-state index >= 15 is 4.39 Å². The van der Waals surface area contributed by atoms with Crippen molar-refractivity contribution in [2.45, 2.75) is 89.8 Å². The van der Waals surface area contributed by atoms with Crippen molar-refractivity contribution in [1.29, 1.82) is 0 Å². The molecule has 3 rings (SSSR count). The molecule has 2 aromatic rings. The zero-order chi connectivity index (χ0) is 34.9. The van der Waals surface area contributed by atoms with Crippen molar-refractivity contribution in [3.8, 4) is 5.75 Å². The Bertz CT molecular complexity index is 1570. The maximum absolute atomic E-state index is 15.6. The summed E-state index contributed by atoms with van der Waals surface area (Å²) in [5.74, 6) is -1.43. The van der Waals surface area contributed by atoms with Crippen molar-refractivity contribution < 1.29 is 46.9 Å². The summed E-state index contributed by atoms with van der Waals surface area (Å²) in [6, 6.07) is 6.21. The number of aliphatic hydroxyl groups excluding tert-OH is 1. The molecule has 0 radical (unpaired) electrons. The van der Waals surface area contributed by atoms with Crippen molar-refractivity contribution >= 4 is 25.5 Å². The molecule has 0 amide bonds. The number of anilines is 1. The molecule has 0 spiro atoms. The van der Waals surface area contributed by atoms with Crippen molar-refractivity contribution in [3.05, 3.63) is 63.0 Å². The first-order valence-electron chi connectivity index (χ1n) is 14.6. The van der Waals surface area contributed by atoms with Crippen LogP contribution in [0.5, 0.6) is 5.75 Å². The average molecular weight is 684 g/mol. The molecule has 6 atom stereocenters. The van der Waals surface area contributed by atoms with Gasteiger partial charge in [0, 0.05) is 17.5 Å². The van der Waals surface area contributed by atoms with E-state index < -0.39 is 74.8 Å². The monoisotopic (exact) mass is 683 g/mol. The molecule has 0 aliphatic carbocycles. The molecule has 2 unspecified atom stereocenters. The molecule has 1 aromatic carbocycles. The Labute approximate surface area is 269 Å². The van der Waals surface area contributed by atoms with Crippen LogP contribution in [-0.2, 0) is 39.3 Å². The molecule has 2 heterocycles. The summed E-state index contributed by atoms with van der Waals surface area (Å²) in [6.07, 6.45) is -5.81. The second-order valence-electron chi connectivity index (χ2n) is 11.2. The van der Waals surface area contributed by atoms with Crippen molar-refractivity contribution in [2.24, 2.45) is 5.11 Å². The van der Waals surface area contributed by atoms with Gasteiger partial charge in [0.25, 0.3) is 0 Å². The number of nitrogens with one attached hydrogen (secondary N) is 1. The summed E-state index contributed by atoms with van der Waals surface area (Å²) >= 11 is 0. The summed E-state index contributed by atoms with van der Waals surface area (Å²) in [4.78, 5) is 43.5. The van der Waals surface area contributed by atoms with Gasteiger partial charge in [-0.15, -0.1) is 0 Å². The Morgan fingerprint density at radius 2 is 1.91 bits per heavy atom. The topological polar surface area (TPSA) is 239 Å². The van der Waals surface area contributed by atoms with E-state index in [1.54, 1.807) is 45.9 Å². The number of alkyl halides is 1. The molecule has 1 saturated heterocycles. The van der Waals surface area contributed by atoms with Gasteiger partial charge in [0.2, 0.25) is 0 Å². The number of ether oxygens (including phenoxy) is 3. The number of halogens is 1. The number of nitrogens with two attached hydrogens (primary N) is 1. The first-order valence-corrected chi connectivity index (χ1v) is 16.2. The molecule has 17 nitrogen and oxygen atoms in total. The number of aliphatic hydroxyl groups is 1. The molecule has 19 heteroatoms. The van der Waals surface area contributed by atoms with Gasteiger partial charge in [0.05, 0.1) is 25.4 Å². The lowest BCUT2D eigenvalue weighted by molar-refractivity contribution is -0.149. The number of nitrogens with zero attached hydrogens (tertiary/aromatic N) is 5. The third-order valence-electron chi connectivity index (χ3n) is 6.69. The van der Waals surface area contributed by atoms with E-state index in [4.69, 9.17) is 34.5 Å². The second-order valence-corrected chi connectivity index (χ2v) is 12.9. The quantitative estimate of drug-likeness (QED) is 0.0759. The van der Waals surface area contributed by atoms with Gasteiger partial charge in [-0.1, -0.05) is 23.3 Å². The van der Waals surface area contributed by atoms with Crippen LogP contribution in [-0.4, -0.2) is 75.9 Å². The smallest absolute Gasteiger partial charge is 0.459 e. The molecule has 0 saturated carbocycles. The van der Waals surface area contributed by atoms with Crippen LogP contribution in [0, 0.1) is 0 Å². The highest BCUT2D eigenvalue weighted by Gasteiger charge is 2.57. The minimum Gasteiger partial charge on any atom is -0.463 e. The lowest BCUT2D eigenvalue weighted by Crippen LogP contribution is -2.49. The maximum atomic E-state index is 15.6. The van der Waals surface area contributed by atoms with E-state index in [0.717, 1.165) is 10.8 Å². The van der Waals surface area contributed by atoms with Gasteiger partial charge in [-0.2, -0.15) is 10.1 Å². The number of hydrogen-bond donors (Lipinski definition) is 3. The first-order chi connectivity index (χ1) is 22.1. The van der Waals surface area contributed by atoms with Crippen LogP contribution in [0.3, 0.4) is 0 Å². The number of hydrogen-bond acceptors (Lipinski definition) is 13. The Kier molecular flexibility index (Phi) is 12.9. The average Bonchev–Trinajstić information content (AvgIpc) is 3.23. The number of carbonyl (C=O) groups is 2. The van der Waals surface area contributed by atoms with Crippen LogP contribution >= 0.6 is 7.75 Å². The van der Waals surface area contributed by atoms with Gasteiger partial charge >= 0.3 is 25.4 Å². The number of para-hydroxylation sites is 1. The Hall–Kier alpha value is -4.05. The number of aromatic nitrogens is 2. The number of aryl methyl sites for hydroxylation is 1. The Morgan fingerprint density at radius 1 is 1.23 bits per heavy atom. The van der Waals surface area contributed by atoms with Crippen LogP contribution < -0.4 is 21.0 Å². The SMILES string of the molecule is CC(C)OC(=O)CCc1ccccc1OP(=O)(NC(C)C(=O)OC(C)C)OC[C@@]1(CN=[N+]=[N-])O[C@@H](n2ccc(N)nc2=O)[C@H](F)[C@@H]1O. The van der Waals surface area contributed by atoms with Crippen LogP contribution in [0.25, 0.3) is 10.4 Å². The van der Waals surface area contributed by atoms with Crippen LogP contribution in [0.1, 0.15) is 52.8 Å². The first kappa shape index (κ1) is 37.4. The number of azide groups is 1. The Morgan fingerprint density at radius 3 is 2.55 bits per heavy atom. The predicted octanol–water partition coefficient (Wildman–Crippen LogP) is 3.12. The van der Waals surface area contributed by atoms with Crippen molar-refractivity contribution in [2.75, 3.05) is 18.9 Å². The van der Waals surface area contributed by atoms with E-state index in [2.05, 4.69) is 20.1 Å². The molecule has 0 bridgehead atoms. The fourth-order valence-corrected chi connectivity index (χ4v) is 6.08. The number of carbonyl (C=O) groups excluding carboxylic acids is 2. The minimum absolute atomic E-state index is 0.00263. The van der Waals surface area contributed by atoms with E-state index in [1.165, 1.54) is 19.1 Å². The van der Waals surface area contributed by atoms with E-state index in [9.17, 15) is 24.1 Å². The maximum Gasteiger partial charge on any atom is 0.459 e. The molecule has 1 aliphatic rings. The fraction of sp³-hybridized carbons (Fsp3) is 0.571. The number of benzene rings is 1. The van der Waals surface area contributed by atoms with Gasteiger partial charge in [-0.3, -0.25) is 18.7 Å². The third kappa shape index (κ3) is 9.97. The highest BCUT2D eigenvalue weighted by molar-refractivity contribution is 7.52. The lowest BCUT2D eigenvalue weighted by atomic mass is 9.97. The molecule has 1 aliphatic heterocycles. The molecular formula is C28H39FN7O10P. The standard InChI is InChI=1S/C28H39FN7O10P/c1-16(2)43-22(37)11-10-19-8-6-7-9-20(19)46-47(41,34-18(5)26(39)44-17(3)4)42-15-28(14-32-35-31)24(38)23(29)25(45-28)36-13-12-21(30)33-27(36)40/h6-9,12-13,16-18,23-25,38H,10-11,14-15H2,1-5H3,(H,34,41)(H2,30,33,40)/t18?,23-,24+,25-,28-,47?/m1/s1. The summed E-state index contributed by atoms with van der Waals surface area (Å²) in [5, 5.41) is 16.9. The summed E-state index contributed by atoms with van der Waals surface area (Å²) in [7, 11) is -4.69. The zero-order valence-corrected chi connectivity index (χ0v) is 27.4. The summed E-state index contributed by atoms with van der Waals surface area (Å²) in [6.45, 7) is 6.31. The van der Waals surface area contributed by atoms with Gasteiger partial charge in [-0.25, -0.2) is 13.8 Å². The van der Waals surface area contributed by atoms with Crippen LogP contribution in [0.2, 0.25) is 0 Å². The van der Waals surface area contributed by atoms with Gasteiger partial charge in [0.1, 0.15) is 29.3 Å². The summed E-state index contributed by atoms with van der Waals surface area (Å²) < 4.78 is 58.3. The second kappa shape index (κ2) is 16.2. The molecule has 1 aromatic heterocycles. The highest BCUT2D eigenvalue weighted by atomic mass is 31.2. The number of esters is 2. The third-order valence-corrected chi connectivity index (χ3v) is 8.30. The molecule has 4 N–H and O–H groups in total. The Balaban J connectivity index is 1.96. The fourth-order valence-electron chi connectivity index (χ4n) is 4.49. The molecule has 1 fully saturated rings. The van der Waals surface area contributed by atoms with Gasteiger partial charge in [-0.05, 0) is 64.3 Å². The van der Waals surface area contributed by atoms with E-state index in [1.807, 2.05) is 0 Å². The summed E-state index contributed by atoms with van der Waals surface area (Å²) in [5.41, 5.74) is 11.8. The number of rotatable bonds is 16. The number of nitrogen functional groups attached to an aromatic ring is 1. The lowest BCUT2D eigenvalue weighted by Gasteiger charge is -2.32. The predicted molar refractivity (Wildman–Crippen MR) is 165 cm³/mol. The highest BCUT2D eigenvalue weighted by Crippen LogP contribution is 2.49. The van der Waals surface area contributed by atoms with E-state index in [0.29, 0.717) is 5.56 Å². The van der Waals surface area contributed by atoms with Crippen LogP contribution in [0.15, 0.2) is 46.4 Å². The van der Waals surface area contributed by atoms with Crippen LogP contribution in [0.4, 0.5) is 10.2 Å². The largest absolute Gasteiger partial charge is 0.463 e. The normalized spacial score (nSPS) is 22.7. The van der Waals surface area contributed by atoms with Crippen molar-refractivity contribution in [3.63, 3.8) is 0 Å². The van der Waals surface area contributed by atoms with Gasteiger partial charge in [0.15, 0.2) is 12.4 Å². The zero-order valence-electron chi connectivity index (χ0n) is 26.5. The van der Waals surface area contributed by atoms with E-state index in [-0.39, 0.29) is 30.5 Å². The molecule has 258 valence electrons.